The molecule has 0 atom stereocenters. The first-order valence-corrected chi connectivity index (χ1v) is 5.74. The number of thiazole rings is 1. The van der Waals surface area contributed by atoms with E-state index in [4.69, 9.17) is 9.47 Å². The minimum Gasteiger partial charge on any atom is -0.497 e. The van der Waals surface area contributed by atoms with Crippen molar-refractivity contribution >= 4 is 21.6 Å². The SMILES string of the molecule is COCCn1c(=O)sc2ccc(OC)cc21. The van der Waals surface area contributed by atoms with Crippen molar-refractivity contribution in [2.45, 2.75) is 6.54 Å². The van der Waals surface area contributed by atoms with E-state index >= 15 is 0 Å². The van der Waals surface area contributed by atoms with Crippen molar-refractivity contribution in [3.63, 3.8) is 0 Å². The van der Waals surface area contributed by atoms with E-state index in [0.29, 0.717) is 13.2 Å². The van der Waals surface area contributed by atoms with Crippen LogP contribution in [0.1, 0.15) is 0 Å². The molecule has 0 radical (unpaired) electrons. The van der Waals surface area contributed by atoms with Crippen LogP contribution < -0.4 is 9.61 Å². The first-order chi connectivity index (χ1) is 7.76. The van der Waals surface area contributed by atoms with E-state index in [0.717, 1.165) is 16.0 Å². The van der Waals surface area contributed by atoms with E-state index in [2.05, 4.69) is 0 Å². The van der Waals surface area contributed by atoms with Crippen LogP contribution in [0.3, 0.4) is 0 Å². The maximum absolute atomic E-state index is 11.7. The zero-order valence-corrected chi connectivity index (χ0v) is 10.0. The quantitative estimate of drug-likeness (QED) is 0.815. The molecule has 0 fully saturated rings. The molecule has 2 rings (SSSR count). The number of rotatable bonds is 4. The predicted octanol–water partition coefficient (Wildman–Crippen LogP) is 1.72. The molecule has 0 aliphatic carbocycles. The first-order valence-electron chi connectivity index (χ1n) is 4.92. The summed E-state index contributed by atoms with van der Waals surface area (Å²) in [7, 11) is 3.24. The molecule has 0 saturated carbocycles. The molecule has 1 aromatic heterocycles. The van der Waals surface area contributed by atoms with Crippen LogP contribution in [0, 0.1) is 0 Å². The van der Waals surface area contributed by atoms with Gasteiger partial charge in [0, 0.05) is 13.2 Å². The molecule has 0 spiro atoms. The standard InChI is InChI=1S/C11H13NO3S/c1-14-6-5-12-9-7-8(15-2)3-4-10(9)16-11(12)13/h3-4,7H,5-6H2,1-2H3. The average Bonchev–Trinajstić information content (AvgIpc) is 2.61. The van der Waals surface area contributed by atoms with E-state index in [1.54, 1.807) is 18.8 Å². The highest BCUT2D eigenvalue weighted by Gasteiger charge is 2.07. The molecule has 0 amide bonds. The van der Waals surface area contributed by atoms with Gasteiger partial charge in [0.15, 0.2) is 0 Å². The van der Waals surface area contributed by atoms with Gasteiger partial charge in [0.2, 0.25) is 0 Å². The molecule has 1 aromatic carbocycles. The Labute approximate surface area is 97.0 Å². The molecule has 2 aromatic rings. The highest BCUT2D eigenvalue weighted by atomic mass is 32.1. The van der Waals surface area contributed by atoms with E-state index in [9.17, 15) is 4.79 Å². The summed E-state index contributed by atoms with van der Waals surface area (Å²) >= 11 is 1.24. The summed E-state index contributed by atoms with van der Waals surface area (Å²) in [5.41, 5.74) is 0.909. The van der Waals surface area contributed by atoms with Crippen molar-refractivity contribution in [3.8, 4) is 5.75 Å². The Kier molecular flexibility index (Phi) is 3.26. The van der Waals surface area contributed by atoms with Crippen LogP contribution in [-0.4, -0.2) is 25.4 Å². The van der Waals surface area contributed by atoms with Gasteiger partial charge in [-0.15, -0.1) is 0 Å². The second-order valence-electron chi connectivity index (χ2n) is 3.35. The normalized spacial score (nSPS) is 10.9. The number of nitrogens with zero attached hydrogens (tertiary/aromatic N) is 1. The molecule has 0 aliphatic rings. The number of ether oxygens (including phenoxy) is 2. The largest absolute Gasteiger partial charge is 0.497 e. The Morgan fingerprint density at radius 2 is 2.19 bits per heavy atom. The van der Waals surface area contributed by atoms with Crippen molar-refractivity contribution in [3.05, 3.63) is 27.9 Å². The van der Waals surface area contributed by atoms with Gasteiger partial charge in [0.05, 0.1) is 30.5 Å². The highest BCUT2D eigenvalue weighted by molar-refractivity contribution is 7.16. The molecular formula is C11H13NO3S. The molecule has 0 N–H and O–H groups in total. The smallest absolute Gasteiger partial charge is 0.308 e. The summed E-state index contributed by atoms with van der Waals surface area (Å²) in [6.07, 6.45) is 0. The summed E-state index contributed by atoms with van der Waals surface area (Å²) in [6.45, 7) is 1.10. The van der Waals surface area contributed by atoms with Crippen LogP contribution in [0.25, 0.3) is 10.2 Å². The molecule has 86 valence electrons. The van der Waals surface area contributed by atoms with Crippen molar-refractivity contribution < 1.29 is 9.47 Å². The number of hydrogen-bond acceptors (Lipinski definition) is 4. The zero-order valence-electron chi connectivity index (χ0n) is 9.23. The number of methoxy groups -OCH3 is 2. The lowest BCUT2D eigenvalue weighted by molar-refractivity contribution is 0.188. The van der Waals surface area contributed by atoms with Gasteiger partial charge in [-0.25, -0.2) is 0 Å². The van der Waals surface area contributed by atoms with Gasteiger partial charge in [0.25, 0.3) is 0 Å². The summed E-state index contributed by atoms with van der Waals surface area (Å²) < 4.78 is 12.8. The first kappa shape index (κ1) is 11.2. The molecule has 5 heteroatoms. The van der Waals surface area contributed by atoms with Gasteiger partial charge in [-0.1, -0.05) is 11.3 Å². The van der Waals surface area contributed by atoms with E-state index in [1.807, 2.05) is 18.2 Å². The Morgan fingerprint density at radius 3 is 2.88 bits per heavy atom. The number of hydrogen-bond donors (Lipinski definition) is 0. The molecule has 1 heterocycles. The third kappa shape index (κ3) is 1.96. The third-order valence-electron chi connectivity index (χ3n) is 2.39. The van der Waals surface area contributed by atoms with Gasteiger partial charge in [-0.05, 0) is 12.1 Å². The average molecular weight is 239 g/mol. The van der Waals surface area contributed by atoms with Crippen LogP contribution >= 0.6 is 11.3 Å². The van der Waals surface area contributed by atoms with Crippen molar-refractivity contribution in [2.24, 2.45) is 0 Å². The molecule has 0 aliphatic heterocycles. The van der Waals surface area contributed by atoms with Crippen molar-refractivity contribution in [1.29, 1.82) is 0 Å². The molecule has 16 heavy (non-hydrogen) atoms. The van der Waals surface area contributed by atoms with Crippen LogP contribution in [0.4, 0.5) is 0 Å². The Bertz CT molecular complexity index is 544. The topological polar surface area (TPSA) is 40.5 Å². The fraction of sp³-hybridized carbons (Fsp3) is 0.364. The Morgan fingerprint density at radius 1 is 1.38 bits per heavy atom. The van der Waals surface area contributed by atoms with Crippen LogP contribution in [0.2, 0.25) is 0 Å². The second kappa shape index (κ2) is 4.67. The van der Waals surface area contributed by atoms with E-state index in [-0.39, 0.29) is 4.87 Å². The van der Waals surface area contributed by atoms with Crippen LogP contribution in [0.15, 0.2) is 23.0 Å². The van der Waals surface area contributed by atoms with Crippen LogP contribution in [-0.2, 0) is 11.3 Å². The summed E-state index contributed by atoms with van der Waals surface area (Å²) in [6, 6.07) is 5.64. The molecule has 0 unspecified atom stereocenters. The third-order valence-corrected chi connectivity index (χ3v) is 3.35. The monoisotopic (exact) mass is 239 g/mol. The summed E-state index contributed by atoms with van der Waals surface area (Å²) in [4.78, 5) is 11.8. The fourth-order valence-electron chi connectivity index (χ4n) is 1.56. The van der Waals surface area contributed by atoms with Crippen LogP contribution in [0.5, 0.6) is 5.75 Å². The van der Waals surface area contributed by atoms with E-state index in [1.165, 1.54) is 11.3 Å². The Balaban J connectivity index is 2.52. The fourth-order valence-corrected chi connectivity index (χ4v) is 2.46. The molecule has 0 bridgehead atoms. The summed E-state index contributed by atoms with van der Waals surface area (Å²) in [5.74, 6) is 0.761. The van der Waals surface area contributed by atoms with Crippen molar-refractivity contribution in [1.82, 2.24) is 4.57 Å². The van der Waals surface area contributed by atoms with Crippen molar-refractivity contribution in [2.75, 3.05) is 20.8 Å². The van der Waals surface area contributed by atoms with Gasteiger partial charge >= 0.3 is 4.87 Å². The zero-order chi connectivity index (χ0) is 11.5. The number of benzene rings is 1. The minimum absolute atomic E-state index is 0.0419. The molecular weight excluding hydrogens is 226 g/mol. The van der Waals surface area contributed by atoms with Gasteiger partial charge in [-0.3, -0.25) is 9.36 Å². The molecule has 4 nitrogen and oxygen atoms in total. The summed E-state index contributed by atoms with van der Waals surface area (Å²) in [5, 5.41) is 0. The maximum atomic E-state index is 11.7. The maximum Gasteiger partial charge on any atom is 0.308 e. The molecule has 0 saturated heterocycles. The van der Waals surface area contributed by atoms with Gasteiger partial charge in [-0.2, -0.15) is 0 Å². The van der Waals surface area contributed by atoms with E-state index < -0.39 is 0 Å². The predicted molar refractivity (Wildman–Crippen MR) is 64.5 cm³/mol. The second-order valence-corrected chi connectivity index (χ2v) is 4.34. The Hall–Kier alpha value is -1.33. The minimum atomic E-state index is 0.0419. The number of aromatic nitrogens is 1. The highest BCUT2D eigenvalue weighted by Crippen LogP contribution is 2.22. The van der Waals surface area contributed by atoms with Gasteiger partial charge in [0.1, 0.15) is 5.75 Å². The lowest BCUT2D eigenvalue weighted by Crippen LogP contribution is -2.15. The lowest BCUT2D eigenvalue weighted by Gasteiger charge is -2.04. The van der Waals surface area contributed by atoms with Gasteiger partial charge < -0.3 is 9.47 Å². The number of fused-ring (bicyclic) bond motifs is 1. The lowest BCUT2D eigenvalue weighted by atomic mass is 10.3.